The molecule has 0 radical (unpaired) electrons. The number of hydrogen-bond donors (Lipinski definition) is 0. The van der Waals surface area contributed by atoms with Crippen molar-refractivity contribution in [3.8, 4) is 0 Å². The third-order valence-corrected chi connectivity index (χ3v) is 6.33. The Kier molecular flexibility index (Phi) is 5.52. The number of amides is 1. The predicted octanol–water partition coefficient (Wildman–Crippen LogP) is 4.64. The SMILES string of the molecule is O=C(C1CCCN(c2ncccc2C(F)(F)F)C1)N(C1CCCCC1)C1CC1. The van der Waals surface area contributed by atoms with Gasteiger partial charge >= 0.3 is 6.18 Å². The molecule has 2 saturated carbocycles. The van der Waals surface area contributed by atoms with E-state index in [1.54, 1.807) is 4.90 Å². The van der Waals surface area contributed by atoms with Crippen LogP contribution in [0.15, 0.2) is 18.3 Å². The summed E-state index contributed by atoms with van der Waals surface area (Å²) in [5.41, 5.74) is -0.713. The van der Waals surface area contributed by atoms with E-state index in [0.29, 0.717) is 31.6 Å². The van der Waals surface area contributed by atoms with E-state index in [-0.39, 0.29) is 17.6 Å². The Bertz CT molecular complexity index is 698. The van der Waals surface area contributed by atoms with Crippen molar-refractivity contribution >= 4 is 11.7 Å². The lowest BCUT2D eigenvalue weighted by Gasteiger charge is -2.40. The first kappa shape index (κ1) is 19.5. The summed E-state index contributed by atoms with van der Waals surface area (Å²) >= 11 is 0. The Hall–Kier alpha value is -1.79. The van der Waals surface area contributed by atoms with Crippen LogP contribution in [-0.4, -0.2) is 41.0 Å². The molecule has 4 nitrogen and oxygen atoms in total. The van der Waals surface area contributed by atoms with E-state index in [1.165, 1.54) is 31.5 Å². The van der Waals surface area contributed by atoms with E-state index in [9.17, 15) is 18.0 Å². The summed E-state index contributed by atoms with van der Waals surface area (Å²) in [6.07, 6.45) is 6.26. The molecule has 1 unspecified atom stereocenters. The van der Waals surface area contributed by atoms with Crippen molar-refractivity contribution in [2.45, 2.75) is 76.0 Å². The molecule has 0 bridgehead atoms. The molecule has 4 rings (SSSR count). The molecule has 28 heavy (non-hydrogen) atoms. The van der Waals surface area contributed by atoms with Crippen LogP contribution in [0.2, 0.25) is 0 Å². The zero-order chi connectivity index (χ0) is 19.7. The van der Waals surface area contributed by atoms with Crippen LogP contribution in [0.4, 0.5) is 19.0 Å². The standard InChI is InChI=1S/C21H28F3N3O/c22-21(23,24)18-9-4-12-25-19(18)26-13-5-6-15(14-26)20(28)27(17-10-11-17)16-7-2-1-3-8-16/h4,9,12,15-17H,1-3,5-8,10-11,13-14H2. The van der Waals surface area contributed by atoms with Gasteiger partial charge in [0.25, 0.3) is 0 Å². The number of pyridine rings is 1. The number of alkyl halides is 3. The van der Waals surface area contributed by atoms with Gasteiger partial charge in [-0.15, -0.1) is 0 Å². The molecule has 0 N–H and O–H groups in total. The van der Waals surface area contributed by atoms with Crippen LogP contribution < -0.4 is 4.90 Å². The van der Waals surface area contributed by atoms with Crippen LogP contribution in [0.3, 0.4) is 0 Å². The minimum atomic E-state index is -4.44. The zero-order valence-electron chi connectivity index (χ0n) is 16.1. The maximum absolute atomic E-state index is 13.4. The lowest BCUT2D eigenvalue weighted by atomic mass is 9.91. The first-order chi connectivity index (χ1) is 13.4. The summed E-state index contributed by atoms with van der Waals surface area (Å²) in [6, 6.07) is 3.07. The molecular formula is C21H28F3N3O. The van der Waals surface area contributed by atoms with Gasteiger partial charge in [-0.25, -0.2) is 4.98 Å². The van der Waals surface area contributed by atoms with Crippen molar-refractivity contribution in [2.24, 2.45) is 5.92 Å². The highest BCUT2D eigenvalue weighted by Gasteiger charge is 2.42. The van der Waals surface area contributed by atoms with Gasteiger partial charge in [-0.1, -0.05) is 19.3 Å². The highest BCUT2D eigenvalue weighted by Crippen LogP contribution is 2.38. The molecule has 1 atom stereocenters. The normalized spacial score (nSPS) is 24.2. The first-order valence-electron chi connectivity index (χ1n) is 10.5. The van der Waals surface area contributed by atoms with Gasteiger partial charge in [-0.2, -0.15) is 13.2 Å². The molecule has 1 aliphatic heterocycles. The summed E-state index contributed by atoms with van der Waals surface area (Å²) in [7, 11) is 0. The van der Waals surface area contributed by atoms with Crippen molar-refractivity contribution in [2.75, 3.05) is 18.0 Å². The topological polar surface area (TPSA) is 36.4 Å². The Balaban J connectivity index is 1.51. The number of carbonyl (C=O) groups excluding carboxylic acids is 1. The van der Waals surface area contributed by atoms with E-state index >= 15 is 0 Å². The van der Waals surface area contributed by atoms with Crippen LogP contribution in [-0.2, 0) is 11.0 Å². The second kappa shape index (κ2) is 7.91. The third-order valence-electron chi connectivity index (χ3n) is 6.33. The van der Waals surface area contributed by atoms with Crippen LogP contribution in [0.25, 0.3) is 0 Å². The van der Waals surface area contributed by atoms with Crippen LogP contribution in [0.5, 0.6) is 0 Å². The van der Waals surface area contributed by atoms with Gasteiger partial charge in [-0.05, 0) is 50.7 Å². The summed E-state index contributed by atoms with van der Waals surface area (Å²) in [5.74, 6) is -0.119. The highest BCUT2D eigenvalue weighted by atomic mass is 19.4. The molecule has 1 saturated heterocycles. The average Bonchev–Trinajstić information content (AvgIpc) is 3.53. The van der Waals surface area contributed by atoms with Gasteiger partial charge in [-0.3, -0.25) is 4.79 Å². The maximum Gasteiger partial charge on any atom is 0.419 e. The van der Waals surface area contributed by atoms with Crippen LogP contribution in [0.1, 0.15) is 63.4 Å². The van der Waals surface area contributed by atoms with E-state index in [2.05, 4.69) is 9.88 Å². The Morgan fingerprint density at radius 2 is 1.75 bits per heavy atom. The summed E-state index contributed by atoms with van der Waals surface area (Å²) in [5, 5.41) is 0. The molecule has 3 fully saturated rings. The molecule has 2 aliphatic carbocycles. The average molecular weight is 395 g/mol. The first-order valence-corrected chi connectivity index (χ1v) is 10.5. The zero-order valence-corrected chi connectivity index (χ0v) is 16.1. The van der Waals surface area contributed by atoms with Gasteiger partial charge in [0, 0.05) is 31.4 Å². The predicted molar refractivity (Wildman–Crippen MR) is 101 cm³/mol. The summed E-state index contributed by atoms with van der Waals surface area (Å²) in [4.78, 5) is 21.2. The second-order valence-corrected chi connectivity index (χ2v) is 8.43. The fourth-order valence-corrected chi connectivity index (χ4v) is 4.82. The molecular weight excluding hydrogens is 367 g/mol. The molecule has 1 aromatic heterocycles. The number of piperidine rings is 1. The minimum Gasteiger partial charge on any atom is -0.355 e. The fraction of sp³-hybridized carbons (Fsp3) is 0.714. The summed E-state index contributed by atoms with van der Waals surface area (Å²) < 4.78 is 40.2. The number of anilines is 1. The fourth-order valence-electron chi connectivity index (χ4n) is 4.82. The smallest absolute Gasteiger partial charge is 0.355 e. The van der Waals surface area contributed by atoms with E-state index in [4.69, 9.17) is 0 Å². The second-order valence-electron chi connectivity index (χ2n) is 8.43. The van der Waals surface area contributed by atoms with E-state index < -0.39 is 11.7 Å². The van der Waals surface area contributed by atoms with E-state index in [0.717, 1.165) is 38.2 Å². The van der Waals surface area contributed by atoms with E-state index in [1.807, 2.05) is 0 Å². The molecule has 1 aromatic rings. The van der Waals surface area contributed by atoms with Crippen molar-refractivity contribution in [3.05, 3.63) is 23.9 Å². The molecule has 7 heteroatoms. The van der Waals surface area contributed by atoms with Crippen LogP contribution in [0, 0.1) is 5.92 Å². The lowest BCUT2D eigenvalue weighted by Crippen LogP contribution is -2.50. The van der Waals surface area contributed by atoms with Gasteiger partial charge < -0.3 is 9.80 Å². The van der Waals surface area contributed by atoms with Gasteiger partial charge in [0.1, 0.15) is 5.82 Å². The number of aromatic nitrogens is 1. The Morgan fingerprint density at radius 1 is 1.04 bits per heavy atom. The Morgan fingerprint density at radius 3 is 2.43 bits per heavy atom. The van der Waals surface area contributed by atoms with Crippen molar-refractivity contribution in [1.82, 2.24) is 9.88 Å². The molecule has 154 valence electrons. The molecule has 2 heterocycles. The molecule has 0 aromatic carbocycles. The number of rotatable bonds is 4. The summed E-state index contributed by atoms with van der Waals surface area (Å²) in [6.45, 7) is 0.839. The number of halogens is 3. The van der Waals surface area contributed by atoms with Crippen molar-refractivity contribution in [1.29, 1.82) is 0 Å². The lowest BCUT2D eigenvalue weighted by molar-refractivity contribution is -0.139. The third kappa shape index (κ3) is 4.13. The largest absolute Gasteiger partial charge is 0.419 e. The Labute approximate surface area is 164 Å². The highest BCUT2D eigenvalue weighted by molar-refractivity contribution is 5.81. The van der Waals surface area contributed by atoms with Crippen molar-refractivity contribution in [3.63, 3.8) is 0 Å². The minimum absolute atomic E-state index is 0.0388. The number of hydrogen-bond acceptors (Lipinski definition) is 3. The number of nitrogens with zero attached hydrogens (tertiary/aromatic N) is 3. The molecule has 1 amide bonds. The molecule has 3 aliphatic rings. The van der Waals surface area contributed by atoms with Gasteiger partial charge in [0.05, 0.1) is 11.5 Å². The number of carbonyl (C=O) groups is 1. The maximum atomic E-state index is 13.4. The quantitative estimate of drug-likeness (QED) is 0.745. The van der Waals surface area contributed by atoms with Crippen molar-refractivity contribution < 1.29 is 18.0 Å². The van der Waals surface area contributed by atoms with Gasteiger partial charge in [0.15, 0.2) is 0 Å². The van der Waals surface area contributed by atoms with Crippen LogP contribution >= 0.6 is 0 Å². The molecule has 0 spiro atoms. The van der Waals surface area contributed by atoms with Gasteiger partial charge in [0.2, 0.25) is 5.91 Å². The monoisotopic (exact) mass is 395 g/mol.